The number of hydrogen-bond acceptors (Lipinski definition) is 7. The zero-order valence-electron chi connectivity index (χ0n) is 20.2. The number of benzene rings is 2. The molecule has 0 radical (unpaired) electrons. The fourth-order valence-electron chi connectivity index (χ4n) is 4.23. The molecule has 11 heteroatoms. The molecule has 2 aromatic carbocycles. The summed E-state index contributed by atoms with van der Waals surface area (Å²) in [5.74, 6) is 6.36. The summed E-state index contributed by atoms with van der Waals surface area (Å²) in [7, 11) is 0. The number of nitrogen functional groups attached to an aromatic ring is 1. The number of anilines is 1. The van der Waals surface area contributed by atoms with E-state index in [2.05, 4.69) is 32.2 Å². The van der Waals surface area contributed by atoms with Crippen LogP contribution < -0.4 is 22.3 Å². The Balaban J connectivity index is 1.71. The van der Waals surface area contributed by atoms with Crippen LogP contribution >= 0.6 is 0 Å². The molecule has 0 aliphatic rings. The first-order valence-corrected chi connectivity index (χ1v) is 11.4. The molecule has 3 aromatic heterocycles. The number of nitrogens with zero attached hydrogens (tertiary/aromatic N) is 6. The number of fused-ring (bicyclic) bond motifs is 2. The van der Waals surface area contributed by atoms with E-state index in [1.807, 2.05) is 56.3 Å². The van der Waals surface area contributed by atoms with Gasteiger partial charge in [-0.2, -0.15) is 5.10 Å². The molecule has 0 fully saturated rings. The smallest absolute Gasteiger partial charge is 0.312 e. The van der Waals surface area contributed by atoms with Gasteiger partial charge in [0.25, 0.3) is 5.56 Å². The van der Waals surface area contributed by atoms with Crippen LogP contribution in [0, 0.1) is 25.7 Å². The molecule has 11 nitrogen and oxygen atoms in total. The SMILES string of the molecule is Cc1ccccc1-n1c(Cn2nc(C#CCNC(N)=O)c3c(N)ncnc32)nc2cccc(C)c2c1=O. The first kappa shape index (κ1) is 23.5. The van der Waals surface area contributed by atoms with Gasteiger partial charge in [-0.3, -0.25) is 9.36 Å². The highest BCUT2D eigenvalue weighted by Gasteiger charge is 2.19. The van der Waals surface area contributed by atoms with Gasteiger partial charge < -0.3 is 16.8 Å². The second-order valence-corrected chi connectivity index (χ2v) is 8.41. The molecule has 37 heavy (non-hydrogen) atoms. The Bertz CT molecular complexity index is 1810. The second-order valence-electron chi connectivity index (χ2n) is 8.41. The van der Waals surface area contributed by atoms with Crippen molar-refractivity contribution in [2.45, 2.75) is 20.4 Å². The number of aromatic nitrogens is 6. The van der Waals surface area contributed by atoms with Crippen LogP contribution in [0.15, 0.2) is 53.6 Å². The highest BCUT2D eigenvalue weighted by atomic mass is 16.2. The molecule has 5 aromatic rings. The Morgan fingerprint density at radius 3 is 2.62 bits per heavy atom. The molecule has 5 rings (SSSR count). The summed E-state index contributed by atoms with van der Waals surface area (Å²) in [4.78, 5) is 38.1. The van der Waals surface area contributed by atoms with Crippen molar-refractivity contribution in [3.8, 4) is 17.5 Å². The standard InChI is InChI=1S/C26H23N9O2/c1-15-7-3-4-11-19(15)35-20(32-17-9-5-8-16(2)21(17)25(35)36)13-34-24-22(23(27)30-14-31-24)18(33-34)10-6-12-29-26(28)37/h3-5,7-9,11,14H,12-13H2,1-2H3,(H2,27,30,31)(H3,28,29,37). The highest BCUT2D eigenvalue weighted by molar-refractivity contribution is 5.90. The summed E-state index contributed by atoms with van der Waals surface area (Å²) in [5.41, 5.74) is 14.9. The van der Waals surface area contributed by atoms with E-state index in [9.17, 15) is 9.59 Å². The van der Waals surface area contributed by atoms with Gasteiger partial charge in [-0.15, -0.1) is 0 Å². The topological polar surface area (TPSA) is 160 Å². The number of carbonyl (C=O) groups is 1. The molecule has 0 saturated carbocycles. The fraction of sp³-hybridized carbons (Fsp3) is 0.154. The lowest BCUT2D eigenvalue weighted by Crippen LogP contribution is -2.29. The summed E-state index contributed by atoms with van der Waals surface area (Å²) in [6.07, 6.45) is 1.34. The Kier molecular flexibility index (Phi) is 5.99. The molecule has 0 bridgehead atoms. The molecule has 3 heterocycles. The van der Waals surface area contributed by atoms with Gasteiger partial charge in [0.15, 0.2) is 5.65 Å². The maximum atomic E-state index is 13.8. The van der Waals surface area contributed by atoms with Gasteiger partial charge >= 0.3 is 6.03 Å². The number of carbonyl (C=O) groups excluding carboxylic acids is 1. The number of amides is 2. The summed E-state index contributed by atoms with van der Waals surface area (Å²) >= 11 is 0. The normalized spacial score (nSPS) is 10.9. The van der Waals surface area contributed by atoms with Crippen LogP contribution in [0.5, 0.6) is 0 Å². The van der Waals surface area contributed by atoms with Gasteiger partial charge in [0, 0.05) is 0 Å². The van der Waals surface area contributed by atoms with Gasteiger partial charge in [-0.1, -0.05) is 36.3 Å². The van der Waals surface area contributed by atoms with Crippen LogP contribution in [0.1, 0.15) is 22.6 Å². The lowest BCUT2D eigenvalue weighted by molar-refractivity contribution is 0.250. The highest BCUT2D eigenvalue weighted by Crippen LogP contribution is 2.23. The van der Waals surface area contributed by atoms with Gasteiger partial charge in [0.2, 0.25) is 0 Å². The lowest BCUT2D eigenvalue weighted by Gasteiger charge is -2.16. The fourth-order valence-corrected chi connectivity index (χ4v) is 4.23. The molecule has 0 saturated heterocycles. The lowest BCUT2D eigenvalue weighted by atomic mass is 10.1. The van der Waals surface area contributed by atoms with E-state index >= 15 is 0 Å². The van der Waals surface area contributed by atoms with Gasteiger partial charge in [0.1, 0.15) is 30.2 Å². The van der Waals surface area contributed by atoms with Crippen molar-refractivity contribution < 1.29 is 4.79 Å². The van der Waals surface area contributed by atoms with E-state index in [1.54, 1.807) is 9.25 Å². The average molecular weight is 494 g/mol. The van der Waals surface area contributed by atoms with E-state index in [-0.39, 0.29) is 24.5 Å². The molecule has 0 aliphatic carbocycles. The van der Waals surface area contributed by atoms with Crippen molar-refractivity contribution in [1.82, 2.24) is 34.6 Å². The molecule has 184 valence electrons. The number of hydrogen-bond donors (Lipinski definition) is 3. The van der Waals surface area contributed by atoms with E-state index in [0.29, 0.717) is 33.5 Å². The molecule has 0 aliphatic heterocycles. The van der Waals surface area contributed by atoms with Crippen molar-refractivity contribution in [1.29, 1.82) is 0 Å². The number of nitrogens with one attached hydrogen (secondary N) is 1. The summed E-state index contributed by atoms with van der Waals surface area (Å²) in [5, 5.41) is 8.04. The molecular weight excluding hydrogens is 470 g/mol. The van der Waals surface area contributed by atoms with Crippen molar-refractivity contribution in [2.75, 3.05) is 12.3 Å². The van der Waals surface area contributed by atoms with Crippen molar-refractivity contribution in [3.63, 3.8) is 0 Å². The third-order valence-corrected chi connectivity index (χ3v) is 5.94. The Labute approximate surface area is 211 Å². The van der Waals surface area contributed by atoms with Crippen LogP contribution in [-0.2, 0) is 6.54 Å². The van der Waals surface area contributed by atoms with E-state index < -0.39 is 6.03 Å². The van der Waals surface area contributed by atoms with Gasteiger partial charge in [0.05, 0.1) is 28.5 Å². The maximum Gasteiger partial charge on any atom is 0.312 e. The third kappa shape index (κ3) is 4.32. The van der Waals surface area contributed by atoms with Crippen molar-refractivity contribution in [3.05, 3.63) is 81.8 Å². The van der Waals surface area contributed by atoms with Crippen LogP contribution in [-0.4, -0.2) is 41.9 Å². The predicted octanol–water partition coefficient (Wildman–Crippen LogP) is 1.79. The van der Waals surface area contributed by atoms with E-state index in [1.165, 1.54) is 6.33 Å². The number of primary amides is 1. The molecule has 0 spiro atoms. The second kappa shape index (κ2) is 9.43. The quantitative estimate of drug-likeness (QED) is 0.322. The zero-order chi connectivity index (χ0) is 26.1. The monoisotopic (exact) mass is 493 g/mol. The van der Waals surface area contributed by atoms with Crippen LogP contribution in [0.25, 0.3) is 27.6 Å². The van der Waals surface area contributed by atoms with Gasteiger partial charge in [-0.05, 0) is 43.0 Å². The van der Waals surface area contributed by atoms with Crippen molar-refractivity contribution in [2.24, 2.45) is 5.73 Å². The molecule has 0 unspecified atom stereocenters. The minimum absolute atomic E-state index is 0.0374. The Hall–Kier alpha value is -5.24. The average Bonchev–Trinajstić information content (AvgIpc) is 3.21. The predicted molar refractivity (Wildman–Crippen MR) is 140 cm³/mol. The molecule has 2 amide bonds. The first-order valence-electron chi connectivity index (χ1n) is 11.4. The van der Waals surface area contributed by atoms with Gasteiger partial charge in [-0.25, -0.2) is 24.4 Å². The Morgan fingerprint density at radius 2 is 1.84 bits per heavy atom. The first-order chi connectivity index (χ1) is 17.8. The molecular formula is C26H23N9O2. The Morgan fingerprint density at radius 1 is 1.05 bits per heavy atom. The largest absolute Gasteiger partial charge is 0.383 e. The molecule has 0 atom stereocenters. The van der Waals surface area contributed by atoms with Crippen molar-refractivity contribution >= 4 is 33.8 Å². The summed E-state index contributed by atoms with van der Waals surface area (Å²) in [6.45, 7) is 3.99. The van der Waals surface area contributed by atoms with E-state index in [0.717, 1.165) is 16.8 Å². The third-order valence-electron chi connectivity index (χ3n) is 5.94. The van der Waals surface area contributed by atoms with Crippen LogP contribution in [0.3, 0.4) is 0 Å². The van der Waals surface area contributed by atoms with Crippen LogP contribution in [0.4, 0.5) is 10.6 Å². The number of rotatable bonds is 4. The van der Waals surface area contributed by atoms with Crippen LogP contribution in [0.2, 0.25) is 0 Å². The molecule has 5 N–H and O–H groups in total. The number of aryl methyl sites for hydroxylation is 2. The van der Waals surface area contributed by atoms with E-state index in [4.69, 9.17) is 16.5 Å². The maximum absolute atomic E-state index is 13.8. The summed E-state index contributed by atoms with van der Waals surface area (Å²) < 4.78 is 3.21. The number of para-hydroxylation sites is 1. The minimum Gasteiger partial charge on any atom is -0.383 e. The minimum atomic E-state index is -0.681. The summed E-state index contributed by atoms with van der Waals surface area (Å²) in [6, 6.07) is 12.5. The number of nitrogens with two attached hydrogens (primary N) is 2. The number of urea groups is 1. The zero-order valence-corrected chi connectivity index (χ0v) is 20.2.